The van der Waals surface area contributed by atoms with Crippen LogP contribution >= 0.6 is 0 Å². The van der Waals surface area contributed by atoms with Gasteiger partial charge in [-0.3, -0.25) is 0 Å². The van der Waals surface area contributed by atoms with Gasteiger partial charge < -0.3 is 10.4 Å². The molecule has 2 aromatic rings. The lowest BCUT2D eigenvalue weighted by Gasteiger charge is -2.09. The van der Waals surface area contributed by atoms with Gasteiger partial charge >= 0.3 is 0 Å². The standard InChI is InChI=1S/C12H16N4O/c1-13-7-11-8-16(15-14-11)9-12(17)10-5-3-2-4-6-10/h2-6,8,12-13,17H,7,9H2,1H3. The lowest BCUT2D eigenvalue weighted by Crippen LogP contribution is -2.09. The monoisotopic (exact) mass is 232 g/mol. The molecule has 0 fully saturated rings. The topological polar surface area (TPSA) is 63.0 Å². The first-order valence-electron chi connectivity index (χ1n) is 5.56. The minimum atomic E-state index is -0.555. The Labute approximate surface area is 100 Å². The van der Waals surface area contributed by atoms with Crippen molar-refractivity contribution >= 4 is 0 Å². The van der Waals surface area contributed by atoms with Crippen LogP contribution in [0.4, 0.5) is 0 Å². The Morgan fingerprint density at radius 2 is 2.12 bits per heavy atom. The van der Waals surface area contributed by atoms with Crippen molar-refractivity contribution in [3.63, 3.8) is 0 Å². The fraction of sp³-hybridized carbons (Fsp3) is 0.333. The first kappa shape index (κ1) is 11.8. The van der Waals surface area contributed by atoms with E-state index in [4.69, 9.17) is 0 Å². The fourth-order valence-corrected chi connectivity index (χ4v) is 1.65. The van der Waals surface area contributed by atoms with Gasteiger partial charge in [0.25, 0.3) is 0 Å². The molecular weight excluding hydrogens is 216 g/mol. The highest BCUT2D eigenvalue weighted by Crippen LogP contribution is 2.13. The minimum absolute atomic E-state index is 0.417. The largest absolute Gasteiger partial charge is 0.386 e. The highest BCUT2D eigenvalue weighted by molar-refractivity contribution is 5.17. The van der Waals surface area contributed by atoms with Crippen LogP contribution in [0, 0.1) is 0 Å². The predicted octanol–water partition coefficient (Wildman–Crippen LogP) is 0.731. The van der Waals surface area contributed by atoms with Crippen LogP contribution in [-0.4, -0.2) is 27.1 Å². The maximum absolute atomic E-state index is 10.0. The van der Waals surface area contributed by atoms with E-state index >= 15 is 0 Å². The molecule has 2 rings (SSSR count). The van der Waals surface area contributed by atoms with Crippen molar-refractivity contribution in [1.82, 2.24) is 20.3 Å². The summed E-state index contributed by atoms with van der Waals surface area (Å²) in [6.45, 7) is 1.10. The average molecular weight is 232 g/mol. The summed E-state index contributed by atoms with van der Waals surface area (Å²) in [6.07, 6.45) is 1.28. The molecule has 0 spiro atoms. The first-order valence-corrected chi connectivity index (χ1v) is 5.56. The lowest BCUT2D eigenvalue weighted by atomic mass is 10.1. The number of hydrogen-bond donors (Lipinski definition) is 2. The van der Waals surface area contributed by atoms with Crippen molar-refractivity contribution in [3.8, 4) is 0 Å². The third-order valence-electron chi connectivity index (χ3n) is 2.49. The Hall–Kier alpha value is -1.72. The molecule has 0 bridgehead atoms. The zero-order chi connectivity index (χ0) is 12.1. The van der Waals surface area contributed by atoms with Crippen molar-refractivity contribution in [2.45, 2.75) is 19.2 Å². The van der Waals surface area contributed by atoms with E-state index in [9.17, 15) is 5.11 Å². The van der Waals surface area contributed by atoms with Crippen LogP contribution in [0.25, 0.3) is 0 Å². The second kappa shape index (κ2) is 5.56. The number of aromatic nitrogens is 3. The zero-order valence-corrected chi connectivity index (χ0v) is 9.74. The zero-order valence-electron chi connectivity index (χ0n) is 9.74. The molecular formula is C12H16N4O. The second-order valence-electron chi connectivity index (χ2n) is 3.89. The van der Waals surface area contributed by atoms with Crippen LogP contribution in [0.2, 0.25) is 0 Å². The molecule has 2 N–H and O–H groups in total. The van der Waals surface area contributed by atoms with Crippen LogP contribution in [0.15, 0.2) is 36.5 Å². The normalized spacial score (nSPS) is 12.6. The Balaban J connectivity index is 2.00. The molecule has 5 nitrogen and oxygen atoms in total. The molecule has 0 amide bonds. The number of aliphatic hydroxyl groups is 1. The molecule has 90 valence electrons. The van der Waals surface area contributed by atoms with Gasteiger partial charge in [0.15, 0.2) is 0 Å². The molecule has 0 aliphatic heterocycles. The van der Waals surface area contributed by atoms with E-state index < -0.39 is 6.10 Å². The Morgan fingerprint density at radius 3 is 2.82 bits per heavy atom. The highest BCUT2D eigenvalue weighted by atomic mass is 16.3. The Morgan fingerprint density at radius 1 is 1.35 bits per heavy atom. The third-order valence-corrected chi connectivity index (χ3v) is 2.49. The van der Waals surface area contributed by atoms with Gasteiger partial charge in [0.05, 0.1) is 18.3 Å². The van der Waals surface area contributed by atoms with Crippen molar-refractivity contribution in [2.24, 2.45) is 0 Å². The molecule has 0 saturated heterocycles. The molecule has 1 unspecified atom stereocenters. The molecule has 0 aliphatic carbocycles. The van der Waals surface area contributed by atoms with E-state index in [2.05, 4.69) is 15.6 Å². The molecule has 1 atom stereocenters. The number of benzene rings is 1. The summed E-state index contributed by atoms with van der Waals surface area (Å²) < 4.78 is 1.66. The van der Waals surface area contributed by atoms with Crippen LogP contribution in [0.3, 0.4) is 0 Å². The summed E-state index contributed by atoms with van der Waals surface area (Å²) in [6, 6.07) is 9.54. The Bertz CT molecular complexity index is 455. The number of nitrogens with one attached hydrogen (secondary N) is 1. The van der Waals surface area contributed by atoms with Crippen LogP contribution in [0.5, 0.6) is 0 Å². The van der Waals surface area contributed by atoms with Gasteiger partial charge in [-0.15, -0.1) is 5.10 Å². The second-order valence-corrected chi connectivity index (χ2v) is 3.89. The molecule has 5 heteroatoms. The number of rotatable bonds is 5. The molecule has 17 heavy (non-hydrogen) atoms. The quantitative estimate of drug-likeness (QED) is 0.797. The molecule has 1 heterocycles. The minimum Gasteiger partial charge on any atom is -0.386 e. The van der Waals surface area contributed by atoms with Gasteiger partial charge in [0, 0.05) is 12.7 Å². The van der Waals surface area contributed by atoms with Crippen LogP contribution in [0.1, 0.15) is 17.4 Å². The fourth-order valence-electron chi connectivity index (χ4n) is 1.65. The molecule has 0 aliphatic rings. The van der Waals surface area contributed by atoms with E-state index in [1.54, 1.807) is 4.68 Å². The summed E-state index contributed by atoms with van der Waals surface area (Å²) in [5.41, 5.74) is 1.76. The van der Waals surface area contributed by atoms with Gasteiger partial charge in [0.2, 0.25) is 0 Å². The summed E-state index contributed by atoms with van der Waals surface area (Å²) in [5.74, 6) is 0. The average Bonchev–Trinajstić information content (AvgIpc) is 2.78. The maximum Gasteiger partial charge on any atom is 0.0986 e. The van der Waals surface area contributed by atoms with Crippen LogP contribution in [-0.2, 0) is 13.1 Å². The SMILES string of the molecule is CNCc1cn(CC(O)c2ccccc2)nn1. The number of nitrogens with zero attached hydrogens (tertiary/aromatic N) is 3. The van der Waals surface area contributed by atoms with Crippen molar-refractivity contribution in [2.75, 3.05) is 7.05 Å². The third kappa shape index (κ3) is 3.12. The predicted molar refractivity (Wildman–Crippen MR) is 64.2 cm³/mol. The van der Waals surface area contributed by atoms with Gasteiger partial charge in [-0.1, -0.05) is 35.5 Å². The van der Waals surface area contributed by atoms with Gasteiger partial charge in [-0.2, -0.15) is 0 Å². The summed E-state index contributed by atoms with van der Waals surface area (Å²) in [5, 5.41) is 21.0. The summed E-state index contributed by atoms with van der Waals surface area (Å²) in [7, 11) is 1.86. The summed E-state index contributed by atoms with van der Waals surface area (Å²) >= 11 is 0. The van der Waals surface area contributed by atoms with E-state index in [1.807, 2.05) is 43.6 Å². The van der Waals surface area contributed by atoms with Crippen molar-refractivity contribution in [3.05, 3.63) is 47.8 Å². The summed E-state index contributed by atoms with van der Waals surface area (Å²) in [4.78, 5) is 0. The number of hydrogen-bond acceptors (Lipinski definition) is 4. The number of aliphatic hydroxyl groups excluding tert-OH is 1. The van der Waals surface area contributed by atoms with Crippen molar-refractivity contribution in [1.29, 1.82) is 0 Å². The highest BCUT2D eigenvalue weighted by Gasteiger charge is 2.09. The van der Waals surface area contributed by atoms with Gasteiger partial charge in [-0.05, 0) is 12.6 Å². The molecule has 0 saturated carbocycles. The lowest BCUT2D eigenvalue weighted by molar-refractivity contribution is 0.150. The maximum atomic E-state index is 10.0. The van der Waals surface area contributed by atoms with Crippen molar-refractivity contribution < 1.29 is 5.11 Å². The molecule has 1 aromatic heterocycles. The van der Waals surface area contributed by atoms with Gasteiger partial charge in [-0.25, -0.2) is 4.68 Å². The van der Waals surface area contributed by atoms with E-state index in [1.165, 1.54) is 0 Å². The molecule has 0 radical (unpaired) electrons. The van der Waals surface area contributed by atoms with E-state index in [-0.39, 0.29) is 0 Å². The molecule has 1 aromatic carbocycles. The van der Waals surface area contributed by atoms with E-state index in [0.29, 0.717) is 13.1 Å². The Kier molecular flexibility index (Phi) is 3.85. The van der Waals surface area contributed by atoms with E-state index in [0.717, 1.165) is 11.3 Å². The van der Waals surface area contributed by atoms with Crippen LogP contribution < -0.4 is 5.32 Å². The first-order chi connectivity index (χ1) is 8.29. The smallest absolute Gasteiger partial charge is 0.0986 e. The van der Waals surface area contributed by atoms with Gasteiger partial charge in [0.1, 0.15) is 0 Å².